The molecule has 1 aromatic carbocycles. The predicted molar refractivity (Wildman–Crippen MR) is 54.4 cm³/mol. The Labute approximate surface area is 84.0 Å². The number of methoxy groups -OCH3 is 1. The Morgan fingerprint density at radius 2 is 2.21 bits per heavy atom. The molecule has 0 bridgehead atoms. The van der Waals surface area contributed by atoms with Gasteiger partial charge in [0.2, 0.25) is 0 Å². The van der Waals surface area contributed by atoms with Crippen LogP contribution in [0.2, 0.25) is 0 Å². The predicted octanol–water partition coefficient (Wildman–Crippen LogP) is 1.32. The Kier molecular flexibility index (Phi) is 3.01. The molecule has 3 heteroatoms. The molecule has 0 radical (unpaired) electrons. The molecule has 1 N–H and O–H groups in total. The molecule has 1 aliphatic rings. The van der Waals surface area contributed by atoms with E-state index in [0.29, 0.717) is 13.2 Å². The number of nitrogens with one attached hydrogen (secondary N) is 1. The van der Waals surface area contributed by atoms with Gasteiger partial charge >= 0.3 is 0 Å². The topological polar surface area (TPSA) is 30.5 Å². The number of rotatable bonds is 4. The zero-order valence-electron chi connectivity index (χ0n) is 8.38. The second kappa shape index (κ2) is 4.44. The van der Waals surface area contributed by atoms with Crippen molar-refractivity contribution in [2.24, 2.45) is 0 Å². The summed E-state index contributed by atoms with van der Waals surface area (Å²) in [6.45, 7) is 3.12. The van der Waals surface area contributed by atoms with Crippen LogP contribution in [-0.4, -0.2) is 20.3 Å². The SMILES string of the molecule is COCCOc1cccc2c1CNC2. The van der Waals surface area contributed by atoms with Crippen molar-refractivity contribution in [3.63, 3.8) is 0 Å². The second-order valence-corrected chi connectivity index (χ2v) is 3.34. The van der Waals surface area contributed by atoms with Crippen molar-refractivity contribution >= 4 is 0 Å². The highest BCUT2D eigenvalue weighted by molar-refractivity contribution is 5.42. The molecule has 1 aromatic rings. The molecule has 3 nitrogen and oxygen atoms in total. The van der Waals surface area contributed by atoms with Crippen LogP contribution in [0, 0.1) is 0 Å². The molecule has 0 spiro atoms. The molecule has 2 rings (SSSR count). The van der Waals surface area contributed by atoms with E-state index in [0.717, 1.165) is 18.8 Å². The van der Waals surface area contributed by atoms with Gasteiger partial charge < -0.3 is 14.8 Å². The molecule has 0 saturated carbocycles. The van der Waals surface area contributed by atoms with E-state index in [1.54, 1.807) is 7.11 Å². The molecular weight excluding hydrogens is 178 g/mol. The maximum absolute atomic E-state index is 5.62. The van der Waals surface area contributed by atoms with Gasteiger partial charge in [0.05, 0.1) is 6.61 Å². The quantitative estimate of drug-likeness (QED) is 0.731. The molecule has 0 atom stereocenters. The lowest BCUT2D eigenvalue weighted by molar-refractivity contribution is 0.146. The molecule has 0 unspecified atom stereocenters. The van der Waals surface area contributed by atoms with E-state index < -0.39 is 0 Å². The highest BCUT2D eigenvalue weighted by Gasteiger charge is 2.14. The molecular formula is C11H15NO2. The Morgan fingerprint density at radius 3 is 3.07 bits per heavy atom. The molecule has 0 fully saturated rings. The summed E-state index contributed by atoms with van der Waals surface area (Å²) in [7, 11) is 1.68. The first-order chi connectivity index (χ1) is 6.92. The first-order valence-corrected chi connectivity index (χ1v) is 4.85. The summed E-state index contributed by atoms with van der Waals surface area (Å²) < 4.78 is 10.6. The van der Waals surface area contributed by atoms with Crippen molar-refractivity contribution in [1.82, 2.24) is 5.32 Å². The van der Waals surface area contributed by atoms with E-state index in [2.05, 4.69) is 11.4 Å². The number of fused-ring (bicyclic) bond motifs is 1. The van der Waals surface area contributed by atoms with Crippen LogP contribution in [-0.2, 0) is 17.8 Å². The minimum atomic E-state index is 0.618. The minimum absolute atomic E-state index is 0.618. The van der Waals surface area contributed by atoms with Gasteiger partial charge in [0.1, 0.15) is 12.4 Å². The van der Waals surface area contributed by atoms with Crippen molar-refractivity contribution in [2.45, 2.75) is 13.1 Å². The van der Waals surface area contributed by atoms with Crippen LogP contribution < -0.4 is 10.1 Å². The molecule has 14 heavy (non-hydrogen) atoms. The molecule has 0 saturated heterocycles. The monoisotopic (exact) mass is 193 g/mol. The highest BCUT2D eigenvalue weighted by atomic mass is 16.5. The summed E-state index contributed by atoms with van der Waals surface area (Å²) in [5, 5.41) is 3.31. The second-order valence-electron chi connectivity index (χ2n) is 3.34. The lowest BCUT2D eigenvalue weighted by Gasteiger charge is -2.09. The zero-order chi connectivity index (χ0) is 9.80. The van der Waals surface area contributed by atoms with Crippen molar-refractivity contribution in [3.05, 3.63) is 29.3 Å². The van der Waals surface area contributed by atoms with Gasteiger partial charge in [-0.25, -0.2) is 0 Å². The molecule has 76 valence electrons. The Morgan fingerprint density at radius 1 is 1.29 bits per heavy atom. The number of benzene rings is 1. The van der Waals surface area contributed by atoms with Gasteiger partial charge in [0, 0.05) is 25.8 Å². The maximum Gasteiger partial charge on any atom is 0.124 e. The van der Waals surface area contributed by atoms with Crippen LogP contribution >= 0.6 is 0 Å². The lowest BCUT2D eigenvalue weighted by Crippen LogP contribution is -2.06. The van der Waals surface area contributed by atoms with Crippen molar-refractivity contribution < 1.29 is 9.47 Å². The van der Waals surface area contributed by atoms with Crippen LogP contribution in [0.4, 0.5) is 0 Å². The van der Waals surface area contributed by atoms with Crippen LogP contribution in [0.3, 0.4) is 0 Å². The van der Waals surface area contributed by atoms with Gasteiger partial charge in [-0.1, -0.05) is 12.1 Å². The van der Waals surface area contributed by atoms with E-state index in [1.807, 2.05) is 12.1 Å². The van der Waals surface area contributed by atoms with E-state index >= 15 is 0 Å². The first-order valence-electron chi connectivity index (χ1n) is 4.85. The maximum atomic E-state index is 5.62. The van der Waals surface area contributed by atoms with Crippen molar-refractivity contribution in [3.8, 4) is 5.75 Å². The summed E-state index contributed by atoms with van der Waals surface area (Å²) >= 11 is 0. The van der Waals surface area contributed by atoms with E-state index in [9.17, 15) is 0 Å². The zero-order valence-corrected chi connectivity index (χ0v) is 8.38. The van der Waals surface area contributed by atoms with E-state index in [-0.39, 0.29) is 0 Å². The van der Waals surface area contributed by atoms with Gasteiger partial charge in [-0.2, -0.15) is 0 Å². The fourth-order valence-electron chi connectivity index (χ4n) is 1.67. The van der Waals surface area contributed by atoms with E-state index in [1.165, 1.54) is 11.1 Å². The van der Waals surface area contributed by atoms with E-state index in [4.69, 9.17) is 9.47 Å². The number of ether oxygens (including phenoxy) is 2. The van der Waals surface area contributed by atoms with Crippen molar-refractivity contribution in [2.75, 3.05) is 20.3 Å². The van der Waals surface area contributed by atoms with Crippen LogP contribution in [0.15, 0.2) is 18.2 Å². The average molecular weight is 193 g/mol. The van der Waals surface area contributed by atoms with Crippen LogP contribution in [0.1, 0.15) is 11.1 Å². The largest absolute Gasteiger partial charge is 0.491 e. The molecule has 0 amide bonds. The van der Waals surface area contributed by atoms with Gasteiger partial charge in [-0.05, 0) is 11.6 Å². The third kappa shape index (κ3) is 1.89. The third-order valence-corrected chi connectivity index (χ3v) is 2.39. The number of hydrogen-bond donors (Lipinski definition) is 1. The summed E-state index contributed by atoms with van der Waals surface area (Å²) in [5.41, 5.74) is 2.64. The molecule has 0 aliphatic carbocycles. The fourth-order valence-corrected chi connectivity index (χ4v) is 1.67. The normalized spacial score (nSPS) is 14.1. The van der Waals surface area contributed by atoms with Crippen LogP contribution in [0.5, 0.6) is 5.75 Å². The summed E-state index contributed by atoms with van der Waals surface area (Å²) in [6.07, 6.45) is 0. The summed E-state index contributed by atoms with van der Waals surface area (Å²) in [6, 6.07) is 6.19. The summed E-state index contributed by atoms with van der Waals surface area (Å²) in [4.78, 5) is 0. The Balaban J connectivity index is 2.06. The highest BCUT2D eigenvalue weighted by Crippen LogP contribution is 2.25. The lowest BCUT2D eigenvalue weighted by atomic mass is 10.1. The Hall–Kier alpha value is -1.06. The molecule has 1 aliphatic heterocycles. The Bertz CT molecular complexity index is 312. The average Bonchev–Trinajstić information content (AvgIpc) is 2.67. The van der Waals surface area contributed by atoms with Gasteiger partial charge in [0.15, 0.2) is 0 Å². The van der Waals surface area contributed by atoms with Gasteiger partial charge in [-0.15, -0.1) is 0 Å². The smallest absolute Gasteiger partial charge is 0.124 e. The minimum Gasteiger partial charge on any atom is -0.491 e. The van der Waals surface area contributed by atoms with Crippen LogP contribution in [0.25, 0.3) is 0 Å². The summed E-state index contributed by atoms with van der Waals surface area (Å²) in [5.74, 6) is 0.990. The third-order valence-electron chi connectivity index (χ3n) is 2.39. The standard InChI is InChI=1S/C11H15NO2/c1-13-5-6-14-11-4-2-3-9-7-12-8-10(9)11/h2-4,12H,5-8H2,1H3. The van der Waals surface area contributed by atoms with Gasteiger partial charge in [0.25, 0.3) is 0 Å². The van der Waals surface area contributed by atoms with Crippen molar-refractivity contribution in [1.29, 1.82) is 0 Å². The fraction of sp³-hybridized carbons (Fsp3) is 0.455. The first kappa shape index (κ1) is 9.49. The molecule has 0 aromatic heterocycles. The molecule has 1 heterocycles. The van der Waals surface area contributed by atoms with Gasteiger partial charge in [-0.3, -0.25) is 0 Å². The number of hydrogen-bond acceptors (Lipinski definition) is 3.